The summed E-state index contributed by atoms with van der Waals surface area (Å²) in [5.41, 5.74) is 0.731. The summed E-state index contributed by atoms with van der Waals surface area (Å²) < 4.78 is 37.9. The number of esters is 1. The molecular formula is C27H34ClN3O6S. The maximum atomic E-state index is 13.2. The summed E-state index contributed by atoms with van der Waals surface area (Å²) in [4.78, 5) is 29.9. The summed E-state index contributed by atoms with van der Waals surface area (Å²) in [6.45, 7) is 2.61. The van der Waals surface area contributed by atoms with Gasteiger partial charge < -0.3 is 14.8 Å². The lowest BCUT2D eigenvalue weighted by Crippen LogP contribution is -2.42. The Hall–Kier alpha value is -2.95. The summed E-state index contributed by atoms with van der Waals surface area (Å²) in [6.07, 6.45) is 6.14. The summed E-state index contributed by atoms with van der Waals surface area (Å²) in [5.74, 6) is -0.986. The van der Waals surface area contributed by atoms with Crippen LogP contribution < -0.4 is 5.32 Å². The van der Waals surface area contributed by atoms with Crippen LogP contribution in [0.1, 0.15) is 62.2 Å². The zero-order valence-electron chi connectivity index (χ0n) is 21.7. The average molecular weight is 564 g/mol. The second-order valence-corrected chi connectivity index (χ2v) is 11.1. The maximum Gasteiger partial charge on any atom is 0.338 e. The van der Waals surface area contributed by atoms with Crippen LogP contribution in [0.4, 0.5) is 11.4 Å². The number of amides is 1. The number of unbranched alkanes of at least 4 members (excludes halogenated alkanes) is 5. The Balaban J connectivity index is 1.67. The SMILES string of the molecule is CCCCCCCCOC(=O)c1ccc(Cl)c(NC(=O)CC2=Nc3ccccc3S(=O)(=O)N2CCOC)c1. The molecule has 0 spiro atoms. The van der Waals surface area contributed by atoms with Crippen LogP contribution in [0.5, 0.6) is 0 Å². The predicted molar refractivity (Wildman–Crippen MR) is 148 cm³/mol. The standard InChI is InChI=1S/C27H34ClN3O6S/c1-3-4-5-6-7-10-16-37-27(33)20-13-14-21(28)23(18-20)30-26(32)19-25-29-22-11-8-9-12-24(22)38(34,35)31(25)15-17-36-2/h8-9,11-14,18H,3-7,10,15-17,19H2,1-2H3,(H,30,32). The van der Waals surface area contributed by atoms with Crippen molar-refractivity contribution < 1.29 is 27.5 Å². The number of benzene rings is 2. The Labute approximate surface area is 229 Å². The number of carbonyl (C=O) groups is 2. The predicted octanol–water partition coefficient (Wildman–Crippen LogP) is 5.57. The van der Waals surface area contributed by atoms with Gasteiger partial charge in [0.25, 0.3) is 10.0 Å². The first kappa shape index (κ1) is 29.6. The number of nitrogens with one attached hydrogen (secondary N) is 1. The smallest absolute Gasteiger partial charge is 0.338 e. The van der Waals surface area contributed by atoms with Gasteiger partial charge in [-0.25, -0.2) is 18.2 Å². The van der Waals surface area contributed by atoms with Gasteiger partial charge >= 0.3 is 5.97 Å². The fourth-order valence-electron chi connectivity index (χ4n) is 3.99. The van der Waals surface area contributed by atoms with E-state index in [9.17, 15) is 18.0 Å². The van der Waals surface area contributed by atoms with E-state index in [0.29, 0.717) is 6.61 Å². The lowest BCUT2D eigenvalue weighted by molar-refractivity contribution is -0.115. The van der Waals surface area contributed by atoms with Gasteiger partial charge in [0.1, 0.15) is 10.7 Å². The molecule has 1 aliphatic heterocycles. The number of amidine groups is 1. The minimum Gasteiger partial charge on any atom is -0.462 e. The highest BCUT2D eigenvalue weighted by atomic mass is 35.5. The molecule has 0 atom stereocenters. The Morgan fingerprint density at radius 3 is 2.53 bits per heavy atom. The molecule has 0 saturated carbocycles. The van der Waals surface area contributed by atoms with Crippen molar-refractivity contribution in [2.45, 2.75) is 56.8 Å². The van der Waals surface area contributed by atoms with Gasteiger partial charge in [-0.05, 0) is 36.8 Å². The van der Waals surface area contributed by atoms with E-state index in [0.717, 1.165) is 23.6 Å². The van der Waals surface area contributed by atoms with Crippen molar-refractivity contribution in [3.05, 3.63) is 53.1 Å². The van der Waals surface area contributed by atoms with Gasteiger partial charge in [0.2, 0.25) is 5.91 Å². The molecule has 2 aromatic rings. The number of anilines is 1. The van der Waals surface area contributed by atoms with Crippen LogP contribution in [-0.2, 0) is 24.3 Å². The monoisotopic (exact) mass is 563 g/mol. The van der Waals surface area contributed by atoms with Crippen LogP contribution in [0.25, 0.3) is 0 Å². The minimum absolute atomic E-state index is 0.0000329. The average Bonchev–Trinajstić information content (AvgIpc) is 2.89. The fourth-order valence-corrected chi connectivity index (χ4v) is 5.72. The van der Waals surface area contributed by atoms with Crippen molar-refractivity contribution in [2.75, 3.05) is 32.2 Å². The van der Waals surface area contributed by atoms with E-state index in [2.05, 4.69) is 17.2 Å². The molecular weight excluding hydrogens is 530 g/mol. The molecule has 206 valence electrons. The van der Waals surface area contributed by atoms with Crippen LogP contribution in [0, 0.1) is 0 Å². The van der Waals surface area contributed by atoms with E-state index < -0.39 is 21.9 Å². The third-order valence-corrected chi connectivity index (χ3v) is 8.20. The van der Waals surface area contributed by atoms with E-state index in [1.165, 1.54) is 50.6 Å². The van der Waals surface area contributed by atoms with Gasteiger partial charge in [0.15, 0.2) is 0 Å². The highest BCUT2D eigenvalue weighted by molar-refractivity contribution is 7.90. The first-order chi connectivity index (χ1) is 18.3. The summed E-state index contributed by atoms with van der Waals surface area (Å²) >= 11 is 6.26. The Morgan fingerprint density at radius 1 is 1.03 bits per heavy atom. The molecule has 11 heteroatoms. The largest absolute Gasteiger partial charge is 0.462 e. The maximum absolute atomic E-state index is 13.2. The van der Waals surface area contributed by atoms with Gasteiger partial charge in [-0.3, -0.25) is 9.10 Å². The number of fused-ring (bicyclic) bond motifs is 1. The van der Waals surface area contributed by atoms with Crippen LogP contribution in [0.3, 0.4) is 0 Å². The molecule has 0 bridgehead atoms. The molecule has 3 rings (SSSR count). The zero-order chi connectivity index (χ0) is 27.5. The summed E-state index contributed by atoms with van der Waals surface area (Å²) in [5, 5.41) is 2.89. The molecule has 1 aliphatic rings. The molecule has 0 radical (unpaired) electrons. The van der Waals surface area contributed by atoms with Gasteiger partial charge in [-0.2, -0.15) is 0 Å². The molecule has 0 aliphatic carbocycles. The normalized spacial score (nSPS) is 14.0. The highest BCUT2D eigenvalue weighted by Gasteiger charge is 2.34. The third kappa shape index (κ3) is 7.78. The van der Waals surface area contributed by atoms with Gasteiger partial charge in [0.05, 0.1) is 48.1 Å². The Morgan fingerprint density at radius 2 is 1.76 bits per heavy atom. The number of rotatable bonds is 14. The van der Waals surface area contributed by atoms with Crippen molar-refractivity contribution in [1.82, 2.24) is 4.31 Å². The van der Waals surface area contributed by atoms with E-state index in [1.54, 1.807) is 18.2 Å². The highest BCUT2D eigenvalue weighted by Crippen LogP contribution is 2.33. The van der Waals surface area contributed by atoms with Crippen molar-refractivity contribution in [3.8, 4) is 0 Å². The number of ether oxygens (including phenoxy) is 2. The number of hydrogen-bond acceptors (Lipinski definition) is 7. The summed E-state index contributed by atoms with van der Waals surface area (Å²) in [7, 11) is -2.45. The first-order valence-corrected chi connectivity index (χ1v) is 14.5. The number of para-hydroxylation sites is 1. The van der Waals surface area contributed by atoms with Crippen LogP contribution >= 0.6 is 11.6 Å². The first-order valence-electron chi connectivity index (χ1n) is 12.7. The van der Waals surface area contributed by atoms with Gasteiger partial charge in [-0.1, -0.05) is 62.8 Å². The number of sulfonamides is 1. The van der Waals surface area contributed by atoms with Crippen LogP contribution in [-0.4, -0.2) is 57.3 Å². The molecule has 0 fully saturated rings. The number of halogens is 1. The number of carbonyl (C=O) groups excluding carboxylic acids is 2. The molecule has 1 heterocycles. The van der Waals surface area contributed by atoms with Crippen LogP contribution in [0.2, 0.25) is 5.02 Å². The molecule has 1 N–H and O–H groups in total. The quantitative estimate of drug-likeness (QED) is 0.237. The summed E-state index contributed by atoms with van der Waals surface area (Å²) in [6, 6.07) is 10.8. The lowest BCUT2D eigenvalue weighted by atomic mass is 10.1. The van der Waals surface area contributed by atoms with Crippen molar-refractivity contribution in [3.63, 3.8) is 0 Å². The second-order valence-electron chi connectivity index (χ2n) is 8.89. The van der Waals surface area contributed by atoms with E-state index in [1.807, 2.05) is 0 Å². The lowest BCUT2D eigenvalue weighted by Gasteiger charge is -2.29. The molecule has 2 aromatic carbocycles. The van der Waals surface area contributed by atoms with Gasteiger partial charge in [-0.15, -0.1) is 0 Å². The molecule has 0 aromatic heterocycles. The second kappa shape index (κ2) is 14.3. The third-order valence-electron chi connectivity index (χ3n) is 6.00. The zero-order valence-corrected chi connectivity index (χ0v) is 23.3. The van der Waals surface area contributed by atoms with Crippen molar-refractivity contribution >= 4 is 50.7 Å². The molecule has 0 saturated heterocycles. The van der Waals surface area contributed by atoms with Crippen molar-refractivity contribution in [2.24, 2.45) is 4.99 Å². The van der Waals surface area contributed by atoms with Crippen molar-refractivity contribution in [1.29, 1.82) is 0 Å². The minimum atomic E-state index is -3.91. The Kier molecular flexibility index (Phi) is 11.1. The number of nitrogens with zero attached hydrogens (tertiary/aromatic N) is 2. The molecule has 38 heavy (non-hydrogen) atoms. The van der Waals surface area contributed by atoms with E-state index >= 15 is 0 Å². The fraction of sp³-hybridized carbons (Fsp3) is 0.444. The molecule has 1 amide bonds. The van der Waals surface area contributed by atoms with E-state index in [4.69, 9.17) is 21.1 Å². The number of methoxy groups -OCH3 is 1. The molecule has 0 unspecified atom stereocenters. The topological polar surface area (TPSA) is 114 Å². The van der Waals surface area contributed by atoms with E-state index in [-0.39, 0.29) is 52.3 Å². The van der Waals surface area contributed by atoms with Crippen LogP contribution in [0.15, 0.2) is 52.4 Å². The number of hydrogen-bond donors (Lipinski definition) is 1. The van der Waals surface area contributed by atoms with Gasteiger partial charge in [0, 0.05) is 7.11 Å². The Bertz CT molecular complexity index is 1270. The number of aliphatic imine (C=N–C) groups is 1. The molecule has 9 nitrogen and oxygen atoms in total.